The van der Waals surface area contributed by atoms with Gasteiger partial charge in [0.25, 0.3) is 5.97 Å². The molecule has 17 heteroatoms. The van der Waals surface area contributed by atoms with Gasteiger partial charge < -0.3 is 52.9 Å². The number of nitrogens with two attached hydrogens (primary N) is 3. The predicted molar refractivity (Wildman–Crippen MR) is 106 cm³/mol. The van der Waals surface area contributed by atoms with Crippen LogP contribution >= 0.6 is 0 Å². The molecular formula is C16H29N3O14. The molecule has 0 spiro atoms. The molecule has 192 valence electrons. The molecule has 13 N–H and O–H groups in total. The van der Waals surface area contributed by atoms with E-state index in [1.807, 2.05) is 0 Å². The molecule has 0 aliphatic carbocycles. The van der Waals surface area contributed by atoms with E-state index < -0.39 is 72.2 Å². The minimum absolute atomic E-state index is 0.0213. The van der Waals surface area contributed by atoms with Crippen molar-refractivity contribution in [2.24, 2.45) is 17.2 Å². The van der Waals surface area contributed by atoms with Crippen LogP contribution in [0.5, 0.6) is 0 Å². The number of amides is 1. The van der Waals surface area contributed by atoms with Crippen molar-refractivity contribution in [1.29, 1.82) is 0 Å². The normalized spacial score (nSPS) is 11.3. The zero-order valence-corrected chi connectivity index (χ0v) is 17.7. The van der Waals surface area contributed by atoms with Gasteiger partial charge in [0.1, 0.15) is 12.1 Å². The monoisotopic (exact) mass is 487 g/mol. The second kappa shape index (κ2) is 18.9. The standard InChI is InChI=1S/C6H8O7.C5H10N2O3.C3H7NO2.C2H4O2/c7-3(8)1-6(13,5(11)12)2-4(9)10;6-3(5(9)10)1-2-4(7)8;1-2(4)3(5)6;1-2(3)4/h13H,1-2H2,(H,7,8)(H,9,10)(H,11,12);3H,1-2,6H2,(H2,7,8)(H,9,10);2H,4H2,1H3,(H,5,6);1H3,(H,3,4). The Balaban J connectivity index is -0.000000186. The summed E-state index contributed by atoms with van der Waals surface area (Å²) in [6.07, 6.45) is -2.17. The molecule has 0 heterocycles. The third-order valence-corrected chi connectivity index (χ3v) is 2.69. The first kappa shape index (κ1) is 36.5. The van der Waals surface area contributed by atoms with E-state index in [4.69, 9.17) is 57.7 Å². The third-order valence-electron chi connectivity index (χ3n) is 2.69. The van der Waals surface area contributed by atoms with Crippen molar-refractivity contribution in [1.82, 2.24) is 0 Å². The molecule has 0 aliphatic heterocycles. The molecule has 0 rings (SSSR count). The summed E-state index contributed by atoms with van der Waals surface area (Å²) in [7, 11) is 0. The van der Waals surface area contributed by atoms with Crippen LogP contribution in [0, 0.1) is 0 Å². The Morgan fingerprint density at radius 2 is 1.09 bits per heavy atom. The number of aliphatic hydroxyl groups is 1. The van der Waals surface area contributed by atoms with Gasteiger partial charge >= 0.3 is 29.8 Å². The molecule has 0 saturated carbocycles. The Labute approximate surface area is 186 Å². The van der Waals surface area contributed by atoms with Crippen LogP contribution in [0.2, 0.25) is 0 Å². The molecule has 0 aromatic rings. The van der Waals surface area contributed by atoms with Crippen LogP contribution in [0.4, 0.5) is 0 Å². The molecule has 0 aliphatic rings. The highest BCUT2D eigenvalue weighted by molar-refractivity contribution is 5.88. The molecule has 2 atom stereocenters. The summed E-state index contributed by atoms with van der Waals surface area (Å²) in [5, 5.41) is 57.3. The number of carboxylic acid groups (broad SMARTS) is 6. The first-order valence-electron chi connectivity index (χ1n) is 8.53. The van der Waals surface area contributed by atoms with Crippen LogP contribution in [0.1, 0.15) is 39.5 Å². The van der Waals surface area contributed by atoms with E-state index in [1.54, 1.807) is 0 Å². The highest BCUT2D eigenvalue weighted by Gasteiger charge is 2.40. The van der Waals surface area contributed by atoms with E-state index in [-0.39, 0.29) is 12.8 Å². The van der Waals surface area contributed by atoms with Gasteiger partial charge in [0.05, 0.1) is 12.8 Å². The lowest BCUT2D eigenvalue weighted by Gasteiger charge is -2.18. The van der Waals surface area contributed by atoms with Gasteiger partial charge in [0.15, 0.2) is 5.60 Å². The van der Waals surface area contributed by atoms with Gasteiger partial charge in [-0.1, -0.05) is 0 Å². The molecule has 0 aromatic carbocycles. The first-order chi connectivity index (χ1) is 14.7. The highest BCUT2D eigenvalue weighted by Crippen LogP contribution is 2.15. The zero-order valence-electron chi connectivity index (χ0n) is 17.7. The van der Waals surface area contributed by atoms with E-state index >= 15 is 0 Å². The topological polar surface area (TPSA) is 339 Å². The molecule has 2 unspecified atom stereocenters. The smallest absolute Gasteiger partial charge is 0.336 e. The number of aliphatic carboxylic acids is 6. The Morgan fingerprint density at radius 1 is 0.788 bits per heavy atom. The van der Waals surface area contributed by atoms with Gasteiger partial charge in [-0.2, -0.15) is 0 Å². The fourth-order valence-corrected chi connectivity index (χ4v) is 1.14. The Kier molecular flexibility index (Phi) is 20.9. The molecule has 33 heavy (non-hydrogen) atoms. The summed E-state index contributed by atoms with van der Waals surface area (Å²) in [6, 6.07) is -1.71. The van der Waals surface area contributed by atoms with Gasteiger partial charge in [-0.15, -0.1) is 0 Å². The van der Waals surface area contributed by atoms with Crippen molar-refractivity contribution in [2.45, 2.75) is 57.2 Å². The average molecular weight is 487 g/mol. The second-order valence-electron chi connectivity index (χ2n) is 6.07. The van der Waals surface area contributed by atoms with E-state index in [0.29, 0.717) is 0 Å². The maximum atomic E-state index is 10.3. The summed E-state index contributed by atoms with van der Waals surface area (Å²) < 4.78 is 0. The fraction of sp³-hybridized carbons (Fsp3) is 0.562. The van der Waals surface area contributed by atoms with Crippen LogP contribution in [-0.4, -0.2) is 95.2 Å². The average Bonchev–Trinajstić information content (AvgIpc) is 2.58. The van der Waals surface area contributed by atoms with Crippen molar-refractivity contribution in [2.75, 3.05) is 0 Å². The first-order valence-corrected chi connectivity index (χ1v) is 8.53. The quantitative estimate of drug-likeness (QED) is 0.146. The number of hydrogen-bond donors (Lipinski definition) is 10. The van der Waals surface area contributed by atoms with Crippen molar-refractivity contribution < 1.29 is 69.3 Å². The van der Waals surface area contributed by atoms with Crippen molar-refractivity contribution in [3.8, 4) is 0 Å². The molecule has 17 nitrogen and oxygen atoms in total. The predicted octanol–water partition coefficient (Wildman–Crippen LogP) is -3.08. The number of carbonyl (C=O) groups excluding carboxylic acids is 1. The zero-order chi connectivity index (χ0) is 27.5. The molecular weight excluding hydrogens is 458 g/mol. The van der Waals surface area contributed by atoms with Gasteiger partial charge in [-0.25, -0.2) is 4.79 Å². The summed E-state index contributed by atoms with van der Waals surface area (Å²) in [6.45, 7) is 2.50. The maximum Gasteiger partial charge on any atom is 0.336 e. The minimum Gasteiger partial charge on any atom is -0.481 e. The lowest BCUT2D eigenvalue weighted by molar-refractivity contribution is -0.170. The SMILES string of the molecule is CC(=O)O.CC(N)C(=O)O.NC(=O)CCC(N)C(=O)O.O=C(O)CC(O)(CC(=O)O)C(=O)O. The second-order valence-corrected chi connectivity index (χ2v) is 6.07. The Hall–Kier alpha value is -3.83. The fourth-order valence-electron chi connectivity index (χ4n) is 1.14. The van der Waals surface area contributed by atoms with Gasteiger partial charge in [-0.3, -0.25) is 28.8 Å². The molecule has 0 aromatic heterocycles. The Bertz CT molecular complexity index is 672. The van der Waals surface area contributed by atoms with Crippen LogP contribution in [-0.2, 0) is 33.6 Å². The highest BCUT2D eigenvalue weighted by atomic mass is 16.4. The Morgan fingerprint density at radius 3 is 1.24 bits per heavy atom. The van der Waals surface area contributed by atoms with Gasteiger partial charge in [0.2, 0.25) is 5.91 Å². The molecule has 0 fully saturated rings. The largest absolute Gasteiger partial charge is 0.481 e. The number of carbonyl (C=O) groups is 7. The number of hydrogen-bond acceptors (Lipinski definition) is 10. The molecule has 0 radical (unpaired) electrons. The minimum atomic E-state index is -2.74. The van der Waals surface area contributed by atoms with Crippen LogP contribution < -0.4 is 17.2 Å². The summed E-state index contributed by atoms with van der Waals surface area (Å²) in [4.78, 5) is 69.2. The molecule has 0 bridgehead atoms. The molecule has 0 saturated heterocycles. The maximum absolute atomic E-state index is 10.3. The number of rotatable bonds is 10. The van der Waals surface area contributed by atoms with Crippen molar-refractivity contribution in [3.05, 3.63) is 0 Å². The van der Waals surface area contributed by atoms with E-state index in [0.717, 1.165) is 6.92 Å². The summed E-state index contributed by atoms with van der Waals surface area (Å²) in [5.41, 5.74) is 11.9. The van der Waals surface area contributed by atoms with Crippen molar-refractivity contribution >= 4 is 41.7 Å². The lowest BCUT2D eigenvalue weighted by Crippen LogP contribution is -2.42. The van der Waals surface area contributed by atoms with E-state index in [2.05, 4.69) is 0 Å². The van der Waals surface area contributed by atoms with Crippen LogP contribution in [0.25, 0.3) is 0 Å². The van der Waals surface area contributed by atoms with Crippen molar-refractivity contribution in [3.63, 3.8) is 0 Å². The number of carboxylic acids is 6. The van der Waals surface area contributed by atoms with E-state index in [1.165, 1.54) is 6.92 Å². The lowest BCUT2D eigenvalue weighted by atomic mass is 9.96. The van der Waals surface area contributed by atoms with E-state index in [9.17, 15) is 28.8 Å². The summed E-state index contributed by atoms with van der Waals surface area (Å²) >= 11 is 0. The van der Waals surface area contributed by atoms with Gasteiger partial charge in [-0.05, 0) is 13.3 Å². The van der Waals surface area contributed by atoms with Gasteiger partial charge in [0, 0.05) is 13.3 Å². The van der Waals surface area contributed by atoms with Crippen LogP contribution in [0.15, 0.2) is 0 Å². The third kappa shape index (κ3) is 30.5. The summed E-state index contributed by atoms with van der Waals surface area (Å²) in [5.74, 6) is -8.46. The molecule has 1 amide bonds. The van der Waals surface area contributed by atoms with Crippen LogP contribution in [0.3, 0.4) is 0 Å². The number of primary amides is 1.